The largest absolute Gasteiger partial charge is 0.366 e. The molecule has 1 fully saturated rings. The van der Waals surface area contributed by atoms with Gasteiger partial charge < -0.3 is 15.1 Å². The number of nitrogens with zero attached hydrogens (tertiary/aromatic N) is 5. The van der Waals surface area contributed by atoms with Crippen molar-refractivity contribution in [2.45, 2.75) is 33.2 Å². The minimum Gasteiger partial charge on any atom is -0.366 e. The molecule has 0 saturated carbocycles. The first-order valence-corrected chi connectivity index (χ1v) is 7.07. The molecule has 2 heterocycles. The number of carbonyl (C=O) groups is 1. The Kier molecular flexibility index (Phi) is 4.70. The zero-order valence-corrected chi connectivity index (χ0v) is 12.3. The van der Waals surface area contributed by atoms with Crippen LogP contribution in [0.25, 0.3) is 0 Å². The standard InChI is InChI=1S/C13H22N6O/c1-4-10(2)15-12-9-14-17-13(16-12)19-7-5-18(6-8-19)11(3)20/h9-10H,4-8H2,1-3H3,(H,15,16,17). The molecule has 20 heavy (non-hydrogen) atoms. The molecule has 1 atom stereocenters. The molecule has 7 heteroatoms. The summed E-state index contributed by atoms with van der Waals surface area (Å²) in [6.07, 6.45) is 2.66. The predicted octanol–water partition coefficient (Wildman–Crippen LogP) is 0.750. The van der Waals surface area contributed by atoms with Crippen LogP contribution in [0.15, 0.2) is 6.20 Å². The molecule has 2 rings (SSSR count). The molecule has 1 aromatic rings. The van der Waals surface area contributed by atoms with Gasteiger partial charge in [0.15, 0.2) is 5.82 Å². The molecular formula is C13H22N6O. The number of anilines is 2. The first-order valence-electron chi connectivity index (χ1n) is 7.07. The van der Waals surface area contributed by atoms with E-state index in [0.29, 0.717) is 25.1 Å². The van der Waals surface area contributed by atoms with Crippen LogP contribution in [0.5, 0.6) is 0 Å². The molecule has 1 aliphatic heterocycles. The van der Waals surface area contributed by atoms with Crippen LogP contribution in [0.3, 0.4) is 0 Å². The van der Waals surface area contributed by atoms with Gasteiger partial charge in [0, 0.05) is 39.1 Å². The summed E-state index contributed by atoms with van der Waals surface area (Å²) >= 11 is 0. The quantitative estimate of drug-likeness (QED) is 0.876. The molecule has 1 aliphatic rings. The molecule has 0 spiro atoms. The Bertz CT molecular complexity index is 458. The van der Waals surface area contributed by atoms with Gasteiger partial charge in [-0.05, 0) is 13.3 Å². The molecule has 1 unspecified atom stereocenters. The van der Waals surface area contributed by atoms with E-state index in [-0.39, 0.29) is 5.91 Å². The molecule has 1 amide bonds. The van der Waals surface area contributed by atoms with Gasteiger partial charge >= 0.3 is 0 Å². The SMILES string of the molecule is CCC(C)Nc1cnnc(N2CCN(C(C)=O)CC2)n1. The Balaban J connectivity index is 1.99. The van der Waals surface area contributed by atoms with Crippen LogP contribution in [0.1, 0.15) is 27.2 Å². The highest BCUT2D eigenvalue weighted by Gasteiger charge is 2.20. The number of hydrogen-bond donors (Lipinski definition) is 1. The smallest absolute Gasteiger partial charge is 0.247 e. The summed E-state index contributed by atoms with van der Waals surface area (Å²) in [6.45, 7) is 8.73. The zero-order chi connectivity index (χ0) is 14.5. The Morgan fingerprint density at radius 2 is 2.10 bits per heavy atom. The van der Waals surface area contributed by atoms with Crippen molar-refractivity contribution in [3.8, 4) is 0 Å². The summed E-state index contributed by atoms with van der Waals surface area (Å²) in [5.41, 5.74) is 0. The fourth-order valence-electron chi connectivity index (χ4n) is 2.07. The lowest BCUT2D eigenvalue weighted by atomic mass is 10.3. The zero-order valence-electron chi connectivity index (χ0n) is 12.3. The van der Waals surface area contributed by atoms with Gasteiger partial charge in [-0.2, -0.15) is 10.1 Å². The van der Waals surface area contributed by atoms with Gasteiger partial charge in [0.2, 0.25) is 11.9 Å². The van der Waals surface area contributed by atoms with Gasteiger partial charge in [-0.15, -0.1) is 5.10 Å². The van der Waals surface area contributed by atoms with E-state index in [2.05, 4.69) is 39.2 Å². The highest BCUT2D eigenvalue weighted by molar-refractivity contribution is 5.73. The highest BCUT2D eigenvalue weighted by atomic mass is 16.2. The number of rotatable bonds is 4. The van der Waals surface area contributed by atoms with E-state index in [1.165, 1.54) is 0 Å². The summed E-state index contributed by atoms with van der Waals surface area (Å²) in [6, 6.07) is 0.356. The molecule has 1 saturated heterocycles. The van der Waals surface area contributed by atoms with Crippen molar-refractivity contribution in [1.29, 1.82) is 0 Å². The van der Waals surface area contributed by atoms with Gasteiger partial charge in [0.1, 0.15) is 0 Å². The summed E-state index contributed by atoms with van der Waals surface area (Å²) in [5.74, 6) is 1.50. The lowest BCUT2D eigenvalue weighted by molar-refractivity contribution is -0.129. The van der Waals surface area contributed by atoms with E-state index in [1.807, 2.05) is 4.90 Å². The number of hydrogen-bond acceptors (Lipinski definition) is 6. The maximum absolute atomic E-state index is 11.3. The molecular weight excluding hydrogens is 256 g/mol. The topological polar surface area (TPSA) is 74.2 Å². The second-order valence-corrected chi connectivity index (χ2v) is 5.09. The first kappa shape index (κ1) is 14.5. The second-order valence-electron chi connectivity index (χ2n) is 5.09. The Hall–Kier alpha value is -1.92. The van der Waals surface area contributed by atoms with E-state index in [1.54, 1.807) is 13.1 Å². The number of amides is 1. The maximum atomic E-state index is 11.3. The Labute approximate surface area is 119 Å². The van der Waals surface area contributed by atoms with Gasteiger partial charge in [-0.25, -0.2) is 0 Å². The van der Waals surface area contributed by atoms with E-state index in [0.717, 1.165) is 25.3 Å². The summed E-state index contributed by atoms with van der Waals surface area (Å²) in [7, 11) is 0. The van der Waals surface area contributed by atoms with E-state index in [4.69, 9.17) is 0 Å². The lowest BCUT2D eigenvalue weighted by Gasteiger charge is -2.34. The highest BCUT2D eigenvalue weighted by Crippen LogP contribution is 2.13. The van der Waals surface area contributed by atoms with Crippen LogP contribution in [0.2, 0.25) is 0 Å². The monoisotopic (exact) mass is 278 g/mol. The average molecular weight is 278 g/mol. The number of aromatic nitrogens is 3. The van der Waals surface area contributed by atoms with Crippen LogP contribution in [-0.4, -0.2) is 58.2 Å². The minimum absolute atomic E-state index is 0.121. The third-order valence-electron chi connectivity index (χ3n) is 3.56. The van der Waals surface area contributed by atoms with E-state index in [9.17, 15) is 4.79 Å². The predicted molar refractivity (Wildman–Crippen MR) is 77.7 cm³/mol. The van der Waals surface area contributed by atoms with Crippen molar-refractivity contribution in [3.63, 3.8) is 0 Å². The lowest BCUT2D eigenvalue weighted by Crippen LogP contribution is -2.48. The molecule has 1 N–H and O–H groups in total. The van der Waals surface area contributed by atoms with E-state index >= 15 is 0 Å². The third kappa shape index (κ3) is 3.55. The van der Waals surface area contributed by atoms with Crippen LogP contribution >= 0.6 is 0 Å². The molecule has 0 aliphatic carbocycles. The van der Waals surface area contributed by atoms with Crippen LogP contribution in [0.4, 0.5) is 11.8 Å². The Morgan fingerprint density at radius 1 is 1.40 bits per heavy atom. The summed E-state index contributed by atoms with van der Waals surface area (Å²) < 4.78 is 0. The molecule has 110 valence electrons. The summed E-state index contributed by atoms with van der Waals surface area (Å²) in [5, 5.41) is 11.4. The van der Waals surface area contributed by atoms with Crippen molar-refractivity contribution >= 4 is 17.7 Å². The fourth-order valence-corrected chi connectivity index (χ4v) is 2.07. The van der Waals surface area contributed by atoms with Crippen molar-refractivity contribution in [1.82, 2.24) is 20.1 Å². The molecule has 0 bridgehead atoms. The number of piperazine rings is 1. The minimum atomic E-state index is 0.121. The van der Waals surface area contributed by atoms with Gasteiger partial charge in [0.05, 0.1) is 6.20 Å². The Morgan fingerprint density at radius 3 is 2.70 bits per heavy atom. The van der Waals surface area contributed by atoms with Gasteiger partial charge in [-0.1, -0.05) is 6.92 Å². The van der Waals surface area contributed by atoms with Gasteiger partial charge in [0.25, 0.3) is 0 Å². The summed E-state index contributed by atoms with van der Waals surface area (Å²) in [4.78, 5) is 19.7. The van der Waals surface area contributed by atoms with Crippen LogP contribution in [-0.2, 0) is 4.79 Å². The fraction of sp³-hybridized carbons (Fsp3) is 0.692. The third-order valence-corrected chi connectivity index (χ3v) is 3.56. The molecule has 7 nitrogen and oxygen atoms in total. The van der Waals surface area contributed by atoms with Crippen molar-refractivity contribution in [2.75, 3.05) is 36.4 Å². The molecule has 0 aromatic carbocycles. The average Bonchev–Trinajstić information content (AvgIpc) is 2.47. The number of carbonyl (C=O) groups excluding carboxylic acids is 1. The molecule has 0 radical (unpaired) electrons. The maximum Gasteiger partial charge on any atom is 0.247 e. The van der Waals surface area contributed by atoms with Crippen LogP contribution in [0, 0.1) is 0 Å². The van der Waals surface area contributed by atoms with Crippen molar-refractivity contribution in [2.24, 2.45) is 0 Å². The van der Waals surface area contributed by atoms with E-state index < -0.39 is 0 Å². The number of nitrogens with one attached hydrogen (secondary N) is 1. The van der Waals surface area contributed by atoms with Gasteiger partial charge in [-0.3, -0.25) is 4.79 Å². The van der Waals surface area contributed by atoms with Crippen molar-refractivity contribution in [3.05, 3.63) is 6.20 Å². The second kappa shape index (κ2) is 6.49. The normalized spacial score (nSPS) is 16.9. The van der Waals surface area contributed by atoms with Crippen molar-refractivity contribution < 1.29 is 4.79 Å². The first-order chi connectivity index (χ1) is 9.60. The van der Waals surface area contributed by atoms with Crippen LogP contribution < -0.4 is 10.2 Å². The molecule has 1 aromatic heterocycles.